The molecule has 0 heterocycles. The monoisotopic (exact) mass is 352 g/mol. The van der Waals surface area contributed by atoms with Crippen LogP contribution in [0.4, 0.5) is 0 Å². The minimum absolute atomic E-state index is 0.0328. The molecule has 1 unspecified atom stereocenters. The number of carbonyl (C=O) groups is 1. The van der Waals surface area contributed by atoms with E-state index in [4.69, 9.17) is 9.84 Å². The van der Waals surface area contributed by atoms with Crippen molar-refractivity contribution < 1.29 is 24.9 Å². The molecule has 0 aromatic carbocycles. The molecule has 0 radical (unpaired) electrons. The first kappa shape index (κ1) is 21.9. The van der Waals surface area contributed by atoms with Gasteiger partial charge in [0.25, 0.3) is 0 Å². The van der Waals surface area contributed by atoms with Crippen LogP contribution in [0.25, 0.3) is 0 Å². The van der Waals surface area contributed by atoms with Gasteiger partial charge in [-0.3, -0.25) is 4.79 Å². The number of aliphatic hydroxyl groups excluding tert-OH is 2. The Bertz CT molecular complexity index is 486. The summed E-state index contributed by atoms with van der Waals surface area (Å²) in [4.78, 5) is 12.1. The van der Waals surface area contributed by atoms with Crippen molar-refractivity contribution in [2.75, 3.05) is 19.8 Å². The summed E-state index contributed by atoms with van der Waals surface area (Å²) in [5.41, 5.74) is -0.751. The molecule has 25 heavy (non-hydrogen) atoms. The molecule has 0 aliphatic heterocycles. The number of ether oxygens (including phenoxy) is 1. The largest absolute Gasteiger partial charge is 0.394 e. The van der Waals surface area contributed by atoms with Crippen molar-refractivity contribution in [3.05, 3.63) is 12.2 Å². The van der Waals surface area contributed by atoms with Gasteiger partial charge in [0.2, 0.25) is 0 Å². The third-order valence-electron chi connectivity index (χ3n) is 4.57. The molecule has 1 rings (SSSR count). The standard InChI is InChI=1S/C20H32O5/c1-3-4-10-20(2,24)11-7-9-17-16(18(22)15-19(17)23)8-5-6-13-25-14-12-21/h7,9,16-17,19,21,23-24H,3-4,8,10-15H2,1-2H3/b9-7+/t16-,17-,19-,20?/m1/s1. The highest BCUT2D eigenvalue weighted by Gasteiger charge is 2.39. The molecule has 0 aromatic heterocycles. The average molecular weight is 352 g/mol. The molecule has 1 saturated carbocycles. The Balaban J connectivity index is 2.56. The lowest BCUT2D eigenvalue weighted by atomic mass is 9.89. The van der Waals surface area contributed by atoms with Crippen LogP contribution in [0.15, 0.2) is 12.2 Å². The zero-order valence-corrected chi connectivity index (χ0v) is 15.4. The molecule has 1 aliphatic carbocycles. The van der Waals surface area contributed by atoms with Crippen LogP contribution in [-0.4, -0.2) is 52.6 Å². The summed E-state index contributed by atoms with van der Waals surface area (Å²) in [5, 5.41) is 29.1. The summed E-state index contributed by atoms with van der Waals surface area (Å²) in [5.74, 6) is 5.23. The fraction of sp³-hybridized carbons (Fsp3) is 0.750. The molecule has 4 atom stereocenters. The molecule has 1 fully saturated rings. The van der Waals surface area contributed by atoms with E-state index in [0.29, 0.717) is 12.8 Å². The van der Waals surface area contributed by atoms with E-state index in [1.165, 1.54) is 0 Å². The van der Waals surface area contributed by atoms with Gasteiger partial charge in [-0.1, -0.05) is 37.8 Å². The normalized spacial score (nSPS) is 25.8. The third kappa shape index (κ3) is 8.15. The Morgan fingerprint density at radius 1 is 1.40 bits per heavy atom. The molecule has 0 bridgehead atoms. The van der Waals surface area contributed by atoms with Gasteiger partial charge in [0, 0.05) is 24.7 Å². The first-order valence-corrected chi connectivity index (χ1v) is 9.15. The van der Waals surface area contributed by atoms with Crippen LogP contribution in [0, 0.1) is 23.7 Å². The van der Waals surface area contributed by atoms with E-state index in [2.05, 4.69) is 18.8 Å². The van der Waals surface area contributed by atoms with Crippen LogP contribution in [0.2, 0.25) is 0 Å². The Labute approximate surface area is 151 Å². The van der Waals surface area contributed by atoms with Crippen LogP contribution in [0.5, 0.6) is 0 Å². The molecule has 0 aromatic rings. The summed E-state index contributed by atoms with van der Waals surface area (Å²) < 4.78 is 5.06. The SMILES string of the molecule is CCCCC(C)(O)C/C=C/[C@H]1[C@H](O)CC(=O)[C@@H]1CC#CCOCCO. The fourth-order valence-electron chi connectivity index (χ4n) is 3.05. The second-order valence-corrected chi connectivity index (χ2v) is 6.99. The molecule has 3 N–H and O–H groups in total. The highest BCUT2D eigenvalue weighted by atomic mass is 16.5. The quantitative estimate of drug-likeness (QED) is 0.317. The number of hydrogen-bond acceptors (Lipinski definition) is 5. The smallest absolute Gasteiger partial charge is 0.140 e. The minimum atomic E-state index is -0.751. The van der Waals surface area contributed by atoms with Crippen LogP contribution in [0.1, 0.15) is 52.4 Å². The van der Waals surface area contributed by atoms with Gasteiger partial charge in [-0.25, -0.2) is 0 Å². The summed E-state index contributed by atoms with van der Waals surface area (Å²) >= 11 is 0. The van der Waals surface area contributed by atoms with Gasteiger partial charge in [-0.05, 0) is 19.8 Å². The number of carbonyl (C=O) groups excluding carboxylic acids is 1. The van der Waals surface area contributed by atoms with E-state index >= 15 is 0 Å². The zero-order chi connectivity index (χ0) is 18.7. The number of ketones is 1. The molecular formula is C20H32O5. The van der Waals surface area contributed by atoms with Gasteiger partial charge in [0.15, 0.2) is 0 Å². The lowest BCUT2D eigenvalue weighted by Gasteiger charge is -2.22. The molecular weight excluding hydrogens is 320 g/mol. The summed E-state index contributed by atoms with van der Waals surface area (Å²) in [6, 6.07) is 0. The number of hydrogen-bond donors (Lipinski definition) is 3. The Hall–Kier alpha value is -1.19. The van der Waals surface area contributed by atoms with Crippen LogP contribution >= 0.6 is 0 Å². The van der Waals surface area contributed by atoms with E-state index in [-0.39, 0.29) is 43.9 Å². The van der Waals surface area contributed by atoms with Gasteiger partial charge >= 0.3 is 0 Å². The molecule has 0 spiro atoms. The topological polar surface area (TPSA) is 87.0 Å². The first-order chi connectivity index (χ1) is 11.9. The van der Waals surface area contributed by atoms with Crippen molar-refractivity contribution in [1.82, 2.24) is 0 Å². The van der Waals surface area contributed by atoms with E-state index in [1.54, 1.807) is 0 Å². The molecule has 0 amide bonds. The van der Waals surface area contributed by atoms with Crippen molar-refractivity contribution in [3.63, 3.8) is 0 Å². The minimum Gasteiger partial charge on any atom is -0.394 e. The van der Waals surface area contributed by atoms with Crippen molar-refractivity contribution in [3.8, 4) is 11.8 Å². The summed E-state index contributed by atoms with van der Waals surface area (Å²) in [6.07, 6.45) is 6.88. The Morgan fingerprint density at radius 2 is 2.16 bits per heavy atom. The van der Waals surface area contributed by atoms with Crippen molar-refractivity contribution >= 4 is 5.78 Å². The predicted octanol–water partition coefficient (Wildman–Crippen LogP) is 1.84. The van der Waals surface area contributed by atoms with E-state index in [1.807, 2.05) is 19.1 Å². The second-order valence-electron chi connectivity index (χ2n) is 6.99. The second kappa shape index (κ2) is 11.4. The zero-order valence-electron chi connectivity index (χ0n) is 15.4. The van der Waals surface area contributed by atoms with Crippen LogP contribution < -0.4 is 0 Å². The van der Waals surface area contributed by atoms with Gasteiger partial charge in [-0.2, -0.15) is 0 Å². The van der Waals surface area contributed by atoms with Crippen LogP contribution in [-0.2, 0) is 9.53 Å². The molecule has 0 saturated heterocycles. The first-order valence-electron chi connectivity index (χ1n) is 9.15. The van der Waals surface area contributed by atoms with Crippen molar-refractivity contribution in [2.45, 2.75) is 64.1 Å². The van der Waals surface area contributed by atoms with Gasteiger partial charge in [-0.15, -0.1) is 5.92 Å². The number of unbranched alkanes of at least 4 members (excludes halogenated alkanes) is 1. The molecule has 5 heteroatoms. The van der Waals surface area contributed by atoms with E-state index < -0.39 is 11.7 Å². The number of rotatable bonds is 10. The maximum absolute atomic E-state index is 12.1. The molecule has 142 valence electrons. The number of Topliss-reactive ketones (excluding diaryl/α,β-unsaturated/α-hetero) is 1. The summed E-state index contributed by atoms with van der Waals surface area (Å²) in [7, 11) is 0. The van der Waals surface area contributed by atoms with E-state index in [9.17, 15) is 15.0 Å². The Kier molecular flexibility index (Phi) is 9.99. The lowest BCUT2D eigenvalue weighted by Crippen LogP contribution is -2.23. The van der Waals surface area contributed by atoms with Gasteiger partial charge in [0.1, 0.15) is 12.4 Å². The van der Waals surface area contributed by atoms with Crippen LogP contribution in [0.3, 0.4) is 0 Å². The van der Waals surface area contributed by atoms with Crippen molar-refractivity contribution in [1.29, 1.82) is 0 Å². The van der Waals surface area contributed by atoms with E-state index in [0.717, 1.165) is 19.3 Å². The Morgan fingerprint density at radius 3 is 2.84 bits per heavy atom. The fourth-order valence-corrected chi connectivity index (χ4v) is 3.05. The number of aliphatic hydroxyl groups is 3. The van der Waals surface area contributed by atoms with Crippen molar-refractivity contribution in [2.24, 2.45) is 11.8 Å². The molecule has 5 nitrogen and oxygen atoms in total. The average Bonchev–Trinajstić information content (AvgIpc) is 2.82. The third-order valence-corrected chi connectivity index (χ3v) is 4.57. The lowest BCUT2D eigenvalue weighted by molar-refractivity contribution is -0.121. The maximum atomic E-state index is 12.1. The highest BCUT2D eigenvalue weighted by molar-refractivity contribution is 5.85. The summed E-state index contributed by atoms with van der Waals surface area (Å²) in [6.45, 7) is 4.35. The van der Waals surface area contributed by atoms with Gasteiger partial charge < -0.3 is 20.1 Å². The molecule has 1 aliphatic rings. The predicted molar refractivity (Wildman–Crippen MR) is 96.8 cm³/mol. The highest BCUT2D eigenvalue weighted by Crippen LogP contribution is 2.33. The van der Waals surface area contributed by atoms with Gasteiger partial charge in [0.05, 0.1) is 24.9 Å². The maximum Gasteiger partial charge on any atom is 0.140 e.